The first-order chi connectivity index (χ1) is 11.3. The number of amides is 1. The molecule has 4 rings (SSSR count). The third-order valence-electron chi connectivity index (χ3n) is 4.84. The molecule has 5 heteroatoms. The molecule has 1 aliphatic carbocycles. The van der Waals surface area contributed by atoms with E-state index in [0.29, 0.717) is 6.42 Å². The van der Waals surface area contributed by atoms with Crippen molar-refractivity contribution in [3.8, 4) is 0 Å². The van der Waals surface area contributed by atoms with Crippen LogP contribution in [0.3, 0.4) is 0 Å². The number of carbonyl (C=O) groups is 1. The second kappa shape index (κ2) is 6.32. The Labute approximate surface area is 140 Å². The average molecular weight is 327 g/mol. The van der Waals surface area contributed by atoms with Crippen molar-refractivity contribution in [3.05, 3.63) is 46.5 Å². The fraction of sp³-hybridized carbons (Fsp3) is 0.444. The molecule has 2 aromatic rings. The molecule has 0 saturated carbocycles. The van der Waals surface area contributed by atoms with Crippen LogP contribution in [0.15, 0.2) is 29.8 Å². The molecule has 4 nitrogen and oxygen atoms in total. The normalized spacial score (nSPS) is 17.4. The van der Waals surface area contributed by atoms with Gasteiger partial charge in [0, 0.05) is 37.8 Å². The third-order valence-corrected chi connectivity index (χ3v) is 5.67. The molecule has 0 atom stereocenters. The second-order valence-corrected chi connectivity index (χ2v) is 7.19. The number of nitrogens with zero attached hydrogens (tertiary/aromatic N) is 3. The van der Waals surface area contributed by atoms with Crippen molar-refractivity contribution < 1.29 is 4.79 Å². The lowest BCUT2D eigenvalue weighted by Gasteiger charge is -2.34. The third kappa shape index (κ3) is 3.11. The molecule has 1 aliphatic heterocycles. The Hall–Kier alpha value is -1.88. The largest absolute Gasteiger partial charge is 0.345 e. The van der Waals surface area contributed by atoms with Gasteiger partial charge in [0.25, 0.3) is 0 Å². The highest BCUT2D eigenvalue weighted by atomic mass is 32.1. The lowest BCUT2D eigenvalue weighted by Crippen LogP contribution is -2.49. The van der Waals surface area contributed by atoms with E-state index in [1.54, 1.807) is 11.3 Å². The number of anilines is 1. The molecular formula is C18H21N3OS. The van der Waals surface area contributed by atoms with Crippen LogP contribution in [-0.2, 0) is 24.1 Å². The van der Waals surface area contributed by atoms with E-state index in [1.165, 1.54) is 30.4 Å². The lowest BCUT2D eigenvalue weighted by molar-refractivity contribution is -0.130. The smallest absolute Gasteiger partial charge is 0.227 e. The highest BCUT2D eigenvalue weighted by Gasteiger charge is 2.22. The second-order valence-electron chi connectivity index (χ2n) is 6.32. The molecule has 0 unspecified atom stereocenters. The van der Waals surface area contributed by atoms with Crippen LogP contribution in [0.5, 0.6) is 0 Å². The van der Waals surface area contributed by atoms with E-state index in [0.717, 1.165) is 36.9 Å². The molecule has 23 heavy (non-hydrogen) atoms. The van der Waals surface area contributed by atoms with Crippen molar-refractivity contribution >= 4 is 22.4 Å². The lowest BCUT2D eigenvalue weighted by atomic mass is 10.0. The van der Waals surface area contributed by atoms with Gasteiger partial charge in [-0.2, -0.15) is 0 Å². The number of hydrogen-bond donors (Lipinski definition) is 0. The SMILES string of the molecule is O=C(Cc1ccc2c(c1)CCC2)N1CCN(c2nccs2)CC1. The zero-order valence-electron chi connectivity index (χ0n) is 13.2. The van der Waals surface area contributed by atoms with Gasteiger partial charge in [-0.1, -0.05) is 18.2 Å². The molecule has 1 amide bonds. The van der Waals surface area contributed by atoms with Crippen LogP contribution in [0.25, 0.3) is 0 Å². The number of hydrogen-bond acceptors (Lipinski definition) is 4. The Kier molecular flexibility index (Phi) is 4.04. The topological polar surface area (TPSA) is 36.4 Å². The summed E-state index contributed by atoms with van der Waals surface area (Å²) >= 11 is 1.66. The van der Waals surface area contributed by atoms with Gasteiger partial charge in [-0.25, -0.2) is 4.98 Å². The maximum atomic E-state index is 12.6. The summed E-state index contributed by atoms with van der Waals surface area (Å²) in [6.07, 6.45) is 5.99. The quantitative estimate of drug-likeness (QED) is 0.869. The highest BCUT2D eigenvalue weighted by molar-refractivity contribution is 7.13. The van der Waals surface area contributed by atoms with Gasteiger partial charge in [-0.05, 0) is 36.0 Å². The summed E-state index contributed by atoms with van der Waals surface area (Å²) in [5.74, 6) is 0.252. The van der Waals surface area contributed by atoms with E-state index in [2.05, 4.69) is 28.1 Å². The number of benzene rings is 1. The summed E-state index contributed by atoms with van der Waals surface area (Å²) in [7, 11) is 0. The summed E-state index contributed by atoms with van der Waals surface area (Å²) in [6.45, 7) is 3.35. The first kappa shape index (κ1) is 14.7. The van der Waals surface area contributed by atoms with Crippen molar-refractivity contribution in [2.24, 2.45) is 0 Å². The first-order valence-electron chi connectivity index (χ1n) is 8.32. The molecule has 1 saturated heterocycles. The number of rotatable bonds is 3. The fourth-order valence-electron chi connectivity index (χ4n) is 3.54. The zero-order chi connectivity index (χ0) is 15.6. The number of piperazine rings is 1. The summed E-state index contributed by atoms with van der Waals surface area (Å²) < 4.78 is 0. The number of thiazole rings is 1. The average Bonchev–Trinajstić information content (AvgIpc) is 3.26. The molecule has 1 aromatic heterocycles. The van der Waals surface area contributed by atoms with Gasteiger partial charge in [0.15, 0.2) is 5.13 Å². The van der Waals surface area contributed by atoms with Crippen molar-refractivity contribution in [2.75, 3.05) is 31.1 Å². The summed E-state index contributed by atoms with van der Waals surface area (Å²) in [5, 5.41) is 3.07. The van der Waals surface area contributed by atoms with Gasteiger partial charge in [-0.3, -0.25) is 4.79 Å². The molecule has 120 valence electrons. The van der Waals surface area contributed by atoms with Crippen LogP contribution < -0.4 is 4.90 Å². The Morgan fingerprint density at radius 3 is 2.74 bits per heavy atom. The Bertz CT molecular complexity index is 690. The summed E-state index contributed by atoms with van der Waals surface area (Å²) in [6, 6.07) is 6.59. The number of fused-ring (bicyclic) bond motifs is 1. The molecular weight excluding hydrogens is 306 g/mol. The predicted octanol–water partition coefficient (Wildman–Crippen LogP) is 2.52. The first-order valence-corrected chi connectivity index (χ1v) is 9.20. The van der Waals surface area contributed by atoms with E-state index >= 15 is 0 Å². The number of aromatic nitrogens is 1. The van der Waals surface area contributed by atoms with Crippen LogP contribution in [0.2, 0.25) is 0 Å². The van der Waals surface area contributed by atoms with Crippen LogP contribution in [0.4, 0.5) is 5.13 Å². The van der Waals surface area contributed by atoms with E-state index in [-0.39, 0.29) is 5.91 Å². The molecule has 1 aromatic carbocycles. The predicted molar refractivity (Wildman–Crippen MR) is 93.1 cm³/mol. The molecule has 0 N–H and O–H groups in total. The standard InChI is InChI=1S/C18H21N3OS/c22-17(13-14-4-5-15-2-1-3-16(15)12-14)20-7-9-21(10-8-20)18-19-6-11-23-18/h4-6,11-12H,1-3,7-10,13H2. The molecule has 0 spiro atoms. The maximum Gasteiger partial charge on any atom is 0.227 e. The van der Waals surface area contributed by atoms with Gasteiger partial charge in [0.1, 0.15) is 0 Å². The van der Waals surface area contributed by atoms with E-state index < -0.39 is 0 Å². The Morgan fingerprint density at radius 2 is 1.96 bits per heavy atom. The van der Waals surface area contributed by atoms with Crippen LogP contribution in [-0.4, -0.2) is 42.0 Å². The Balaban J connectivity index is 1.35. The van der Waals surface area contributed by atoms with E-state index in [4.69, 9.17) is 0 Å². The van der Waals surface area contributed by atoms with Crippen LogP contribution in [0.1, 0.15) is 23.1 Å². The van der Waals surface area contributed by atoms with Crippen molar-refractivity contribution in [2.45, 2.75) is 25.7 Å². The minimum absolute atomic E-state index is 0.252. The highest BCUT2D eigenvalue weighted by Crippen LogP contribution is 2.23. The summed E-state index contributed by atoms with van der Waals surface area (Å²) in [5.41, 5.74) is 4.08. The van der Waals surface area contributed by atoms with Crippen LogP contribution >= 0.6 is 11.3 Å². The fourth-order valence-corrected chi connectivity index (χ4v) is 4.24. The van der Waals surface area contributed by atoms with Gasteiger partial charge < -0.3 is 9.80 Å². The minimum atomic E-state index is 0.252. The molecule has 2 heterocycles. The monoisotopic (exact) mass is 327 g/mol. The summed E-state index contributed by atoms with van der Waals surface area (Å²) in [4.78, 5) is 21.2. The minimum Gasteiger partial charge on any atom is -0.345 e. The van der Waals surface area contributed by atoms with Crippen molar-refractivity contribution in [3.63, 3.8) is 0 Å². The van der Waals surface area contributed by atoms with E-state index in [9.17, 15) is 4.79 Å². The number of carbonyl (C=O) groups excluding carboxylic acids is 1. The molecule has 0 radical (unpaired) electrons. The number of aryl methyl sites for hydroxylation is 2. The maximum absolute atomic E-state index is 12.6. The van der Waals surface area contributed by atoms with Gasteiger partial charge in [-0.15, -0.1) is 11.3 Å². The van der Waals surface area contributed by atoms with Crippen molar-refractivity contribution in [1.82, 2.24) is 9.88 Å². The molecule has 0 bridgehead atoms. The molecule has 2 aliphatic rings. The van der Waals surface area contributed by atoms with Gasteiger partial charge in [0.05, 0.1) is 6.42 Å². The zero-order valence-corrected chi connectivity index (χ0v) is 14.0. The van der Waals surface area contributed by atoms with Gasteiger partial charge >= 0.3 is 0 Å². The van der Waals surface area contributed by atoms with E-state index in [1.807, 2.05) is 16.5 Å². The van der Waals surface area contributed by atoms with Gasteiger partial charge in [0.2, 0.25) is 5.91 Å². The van der Waals surface area contributed by atoms with Crippen LogP contribution in [0, 0.1) is 0 Å². The Morgan fingerprint density at radius 1 is 1.13 bits per heavy atom. The molecule has 1 fully saturated rings. The van der Waals surface area contributed by atoms with Crippen molar-refractivity contribution in [1.29, 1.82) is 0 Å².